The van der Waals surface area contributed by atoms with Crippen molar-refractivity contribution in [2.75, 3.05) is 6.54 Å². The molecule has 1 aromatic carbocycles. The second-order valence-corrected chi connectivity index (χ2v) is 8.34. The number of benzene rings is 1. The molecular weight excluding hydrogens is 428 g/mol. The molecule has 0 aromatic heterocycles. The third kappa shape index (κ3) is 9.09. The van der Waals surface area contributed by atoms with Gasteiger partial charge in [-0.25, -0.2) is 4.79 Å². The smallest absolute Gasteiger partial charge is 0.326 e. The highest BCUT2D eigenvalue weighted by Gasteiger charge is 2.32. The summed E-state index contributed by atoms with van der Waals surface area (Å²) in [4.78, 5) is 49.0. The van der Waals surface area contributed by atoms with Gasteiger partial charge in [0.2, 0.25) is 17.7 Å². The first-order valence-electron chi connectivity index (χ1n) is 11.1. The van der Waals surface area contributed by atoms with Crippen LogP contribution in [-0.4, -0.2) is 58.6 Å². The molecule has 7 N–H and O–H groups in total. The van der Waals surface area contributed by atoms with E-state index >= 15 is 0 Å². The fourth-order valence-corrected chi connectivity index (χ4v) is 3.13. The van der Waals surface area contributed by atoms with Crippen molar-refractivity contribution in [2.45, 2.75) is 65.1 Å². The molecule has 0 saturated carbocycles. The van der Waals surface area contributed by atoms with E-state index in [-0.39, 0.29) is 30.6 Å². The molecule has 0 heterocycles. The van der Waals surface area contributed by atoms with Crippen LogP contribution < -0.4 is 21.7 Å². The molecule has 5 unspecified atom stereocenters. The standard InChI is InChI=1S/C23H36N4O6/c1-5-13(3)19(22(31)27-20(23(32)33)14(4)6-2)26-18(29)12-25-21(30)17(24)11-15-7-9-16(28)10-8-15/h7-10,13-14,17,19-20,28H,5-6,11-12,24H2,1-4H3,(H,25,30)(H,26,29)(H,27,31)(H,32,33). The van der Waals surface area contributed by atoms with Gasteiger partial charge in [0.1, 0.15) is 17.8 Å². The molecule has 1 rings (SSSR count). The van der Waals surface area contributed by atoms with Crippen molar-refractivity contribution < 1.29 is 29.4 Å². The maximum atomic E-state index is 12.8. The molecule has 3 amide bonds. The molecule has 0 spiro atoms. The van der Waals surface area contributed by atoms with E-state index in [1.54, 1.807) is 26.0 Å². The third-order valence-corrected chi connectivity index (χ3v) is 5.74. The number of hydrogen-bond donors (Lipinski definition) is 6. The molecule has 0 fully saturated rings. The number of carbonyl (C=O) groups excluding carboxylic acids is 3. The number of hydrogen-bond acceptors (Lipinski definition) is 6. The molecule has 33 heavy (non-hydrogen) atoms. The number of nitrogens with two attached hydrogens (primary N) is 1. The lowest BCUT2D eigenvalue weighted by Gasteiger charge is -2.27. The number of aromatic hydroxyl groups is 1. The van der Waals surface area contributed by atoms with E-state index in [1.807, 2.05) is 13.8 Å². The fourth-order valence-electron chi connectivity index (χ4n) is 3.13. The Morgan fingerprint density at radius 2 is 1.45 bits per heavy atom. The Hall–Kier alpha value is -3.14. The average Bonchev–Trinajstić information content (AvgIpc) is 2.79. The van der Waals surface area contributed by atoms with Gasteiger partial charge in [-0.05, 0) is 36.0 Å². The summed E-state index contributed by atoms with van der Waals surface area (Å²) < 4.78 is 0. The van der Waals surface area contributed by atoms with E-state index in [2.05, 4.69) is 16.0 Å². The first-order valence-corrected chi connectivity index (χ1v) is 11.1. The van der Waals surface area contributed by atoms with E-state index in [9.17, 15) is 29.4 Å². The van der Waals surface area contributed by atoms with E-state index in [0.717, 1.165) is 5.56 Å². The predicted molar refractivity (Wildman–Crippen MR) is 123 cm³/mol. The molecule has 0 radical (unpaired) electrons. The van der Waals surface area contributed by atoms with Crippen LogP contribution in [0.4, 0.5) is 0 Å². The van der Waals surface area contributed by atoms with Crippen LogP contribution in [0.2, 0.25) is 0 Å². The van der Waals surface area contributed by atoms with Crippen molar-refractivity contribution in [1.82, 2.24) is 16.0 Å². The van der Waals surface area contributed by atoms with Crippen molar-refractivity contribution in [1.29, 1.82) is 0 Å². The van der Waals surface area contributed by atoms with Crippen LogP contribution >= 0.6 is 0 Å². The fraction of sp³-hybridized carbons (Fsp3) is 0.565. The van der Waals surface area contributed by atoms with Crippen LogP contribution in [0, 0.1) is 11.8 Å². The van der Waals surface area contributed by atoms with Crippen LogP contribution in [0.5, 0.6) is 5.75 Å². The topological polar surface area (TPSA) is 171 Å². The third-order valence-electron chi connectivity index (χ3n) is 5.74. The highest BCUT2D eigenvalue weighted by atomic mass is 16.4. The molecule has 1 aromatic rings. The van der Waals surface area contributed by atoms with E-state index in [0.29, 0.717) is 12.8 Å². The molecule has 10 nitrogen and oxygen atoms in total. The van der Waals surface area contributed by atoms with Gasteiger partial charge >= 0.3 is 5.97 Å². The highest BCUT2D eigenvalue weighted by Crippen LogP contribution is 2.13. The lowest BCUT2D eigenvalue weighted by atomic mass is 9.95. The summed E-state index contributed by atoms with van der Waals surface area (Å²) in [5, 5.41) is 26.3. The zero-order chi connectivity index (χ0) is 25.1. The van der Waals surface area contributed by atoms with Crippen molar-refractivity contribution in [3.63, 3.8) is 0 Å². The van der Waals surface area contributed by atoms with Gasteiger partial charge in [-0.3, -0.25) is 14.4 Å². The summed E-state index contributed by atoms with van der Waals surface area (Å²) in [5.74, 6) is -3.28. The van der Waals surface area contributed by atoms with Gasteiger partial charge in [-0.1, -0.05) is 52.7 Å². The maximum Gasteiger partial charge on any atom is 0.326 e. The normalized spacial score (nSPS) is 15.4. The summed E-state index contributed by atoms with van der Waals surface area (Å²) in [5.41, 5.74) is 6.64. The van der Waals surface area contributed by atoms with Crippen LogP contribution in [0.1, 0.15) is 46.1 Å². The van der Waals surface area contributed by atoms with Crippen molar-refractivity contribution in [2.24, 2.45) is 17.6 Å². The van der Waals surface area contributed by atoms with Gasteiger partial charge in [0, 0.05) is 0 Å². The van der Waals surface area contributed by atoms with Gasteiger partial charge in [0.15, 0.2) is 0 Å². The Labute approximate surface area is 194 Å². The number of nitrogens with one attached hydrogen (secondary N) is 3. The van der Waals surface area contributed by atoms with Crippen LogP contribution in [0.25, 0.3) is 0 Å². The predicted octanol–water partition coefficient (Wildman–Crippen LogP) is 0.525. The summed E-state index contributed by atoms with van der Waals surface area (Å²) in [6.45, 7) is 6.80. The molecular formula is C23H36N4O6. The van der Waals surface area contributed by atoms with Gasteiger partial charge in [-0.2, -0.15) is 0 Å². The number of carboxylic acids is 1. The minimum absolute atomic E-state index is 0.104. The second kappa shape index (κ2) is 13.4. The van der Waals surface area contributed by atoms with Gasteiger partial charge in [0.25, 0.3) is 0 Å². The minimum atomic E-state index is -1.14. The summed E-state index contributed by atoms with van der Waals surface area (Å²) in [6, 6.07) is 3.36. The molecule has 0 aliphatic rings. The number of aliphatic carboxylic acids is 1. The molecule has 0 bridgehead atoms. The quantitative estimate of drug-likeness (QED) is 0.247. The first kappa shape index (κ1) is 27.9. The van der Waals surface area contributed by atoms with Crippen molar-refractivity contribution in [3.05, 3.63) is 29.8 Å². The maximum absolute atomic E-state index is 12.8. The minimum Gasteiger partial charge on any atom is -0.508 e. The number of carbonyl (C=O) groups is 4. The molecule has 5 atom stereocenters. The Bertz CT molecular complexity index is 814. The number of amides is 3. The van der Waals surface area contributed by atoms with Gasteiger partial charge in [-0.15, -0.1) is 0 Å². The largest absolute Gasteiger partial charge is 0.508 e. The SMILES string of the molecule is CCC(C)C(NC(=O)C(NC(=O)CNC(=O)C(N)Cc1ccc(O)cc1)C(C)CC)C(=O)O. The van der Waals surface area contributed by atoms with Gasteiger partial charge < -0.3 is 31.9 Å². The summed E-state index contributed by atoms with van der Waals surface area (Å²) in [6.07, 6.45) is 1.36. The highest BCUT2D eigenvalue weighted by molar-refractivity contribution is 5.92. The Morgan fingerprint density at radius 1 is 0.909 bits per heavy atom. The average molecular weight is 465 g/mol. The van der Waals surface area contributed by atoms with E-state index < -0.39 is 41.8 Å². The number of phenols is 1. The molecule has 0 aliphatic carbocycles. The van der Waals surface area contributed by atoms with E-state index in [4.69, 9.17) is 5.73 Å². The van der Waals surface area contributed by atoms with Gasteiger partial charge in [0.05, 0.1) is 12.6 Å². The van der Waals surface area contributed by atoms with Crippen LogP contribution in [-0.2, 0) is 25.6 Å². The first-order chi connectivity index (χ1) is 15.5. The molecule has 0 aliphatic heterocycles. The monoisotopic (exact) mass is 464 g/mol. The Balaban J connectivity index is 2.68. The summed E-state index contributed by atoms with van der Waals surface area (Å²) in [7, 11) is 0. The zero-order valence-electron chi connectivity index (χ0n) is 19.6. The number of phenolic OH excluding ortho intramolecular Hbond substituents is 1. The zero-order valence-corrected chi connectivity index (χ0v) is 19.6. The Morgan fingerprint density at radius 3 is 1.97 bits per heavy atom. The van der Waals surface area contributed by atoms with E-state index in [1.165, 1.54) is 12.1 Å². The lowest BCUT2D eigenvalue weighted by Crippen LogP contribution is -2.57. The molecule has 184 valence electrons. The summed E-state index contributed by atoms with van der Waals surface area (Å²) >= 11 is 0. The van der Waals surface area contributed by atoms with Crippen LogP contribution in [0.15, 0.2) is 24.3 Å². The Kier molecular flexibility index (Phi) is 11.3. The molecule has 10 heteroatoms. The number of carboxylic acid groups (broad SMARTS) is 1. The van der Waals surface area contributed by atoms with Crippen molar-refractivity contribution in [3.8, 4) is 5.75 Å². The number of rotatable bonds is 13. The lowest BCUT2D eigenvalue weighted by molar-refractivity contribution is -0.144. The second-order valence-electron chi connectivity index (χ2n) is 8.34. The van der Waals surface area contributed by atoms with Crippen LogP contribution in [0.3, 0.4) is 0 Å². The van der Waals surface area contributed by atoms with Crippen molar-refractivity contribution >= 4 is 23.7 Å². The molecule has 0 saturated heterocycles.